The number of benzene rings is 1. The van der Waals surface area contributed by atoms with Gasteiger partial charge in [-0.15, -0.1) is 11.3 Å². The van der Waals surface area contributed by atoms with Crippen LogP contribution in [0.5, 0.6) is 0 Å². The third kappa shape index (κ3) is 1.22. The summed E-state index contributed by atoms with van der Waals surface area (Å²) in [5, 5.41) is 12.3. The van der Waals surface area contributed by atoms with E-state index in [2.05, 4.69) is 24.4 Å². The molecule has 0 fully saturated rings. The summed E-state index contributed by atoms with van der Waals surface area (Å²) in [6.45, 7) is 4.11. The zero-order chi connectivity index (χ0) is 9.42. The van der Waals surface area contributed by atoms with Crippen molar-refractivity contribution in [2.75, 3.05) is 0 Å². The first-order valence-electron chi connectivity index (χ1n) is 4.11. The highest BCUT2D eigenvalue weighted by atomic mass is 32.1. The van der Waals surface area contributed by atoms with Crippen molar-refractivity contribution in [3.8, 4) is 6.07 Å². The van der Waals surface area contributed by atoms with Crippen LogP contribution in [0.25, 0.3) is 10.1 Å². The molecule has 2 rings (SSSR count). The molecule has 1 nitrogen and oxygen atoms in total. The van der Waals surface area contributed by atoms with E-state index in [0.717, 1.165) is 15.8 Å². The summed E-state index contributed by atoms with van der Waals surface area (Å²) < 4.78 is 1.12. The van der Waals surface area contributed by atoms with Gasteiger partial charge in [-0.3, -0.25) is 0 Å². The predicted octanol–water partition coefficient (Wildman–Crippen LogP) is 3.39. The number of hydrogen-bond donors (Lipinski definition) is 0. The van der Waals surface area contributed by atoms with Crippen LogP contribution in [0.3, 0.4) is 0 Å². The minimum absolute atomic E-state index is 0.799. The van der Waals surface area contributed by atoms with Crippen LogP contribution in [0.15, 0.2) is 17.5 Å². The number of hydrogen-bond acceptors (Lipinski definition) is 2. The number of nitriles is 1. The Morgan fingerprint density at radius 1 is 1.31 bits per heavy atom. The number of rotatable bonds is 0. The van der Waals surface area contributed by atoms with E-state index in [0.29, 0.717) is 0 Å². The molecule has 1 aromatic heterocycles. The SMILES string of the molecule is Cc1cc(C#N)c2scc(C)c2c1. The molecule has 0 aliphatic heterocycles. The Morgan fingerprint density at radius 3 is 2.77 bits per heavy atom. The Labute approximate surface area is 81.2 Å². The first-order valence-corrected chi connectivity index (χ1v) is 4.99. The molecule has 0 aliphatic rings. The molecule has 0 unspecified atom stereocenters. The van der Waals surface area contributed by atoms with E-state index in [1.807, 2.05) is 13.0 Å². The van der Waals surface area contributed by atoms with Gasteiger partial charge in [-0.25, -0.2) is 0 Å². The number of thiophene rings is 1. The van der Waals surface area contributed by atoms with Gasteiger partial charge >= 0.3 is 0 Å². The van der Waals surface area contributed by atoms with Crippen LogP contribution in [0, 0.1) is 25.2 Å². The Hall–Kier alpha value is -1.33. The fourth-order valence-corrected chi connectivity index (χ4v) is 2.49. The fourth-order valence-electron chi connectivity index (χ4n) is 1.49. The molecule has 2 heteroatoms. The third-order valence-corrected chi connectivity index (χ3v) is 3.28. The first kappa shape index (κ1) is 8.28. The van der Waals surface area contributed by atoms with Crippen molar-refractivity contribution in [1.29, 1.82) is 5.26 Å². The van der Waals surface area contributed by atoms with Gasteiger partial charge in [-0.1, -0.05) is 6.07 Å². The quantitative estimate of drug-likeness (QED) is 0.620. The molecule has 0 radical (unpaired) electrons. The van der Waals surface area contributed by atoms with Crippen molar-refractivity contribution >= 4 is 21.4 Å². The maximum atomic E-state index is 8.93. The van der Waals surface area contributed by atoms with Gasteiger partial charge < -0.3 is 0 Å². The molecule has 0 bridgehead atoms. The van der Waals surface area contributed by atoms with Crippen LogP contribution >= 0.6 is 11.3 Å². The number of aryl methyl sites for hydroxylation is 2. The molecule has 2 aromatic rings. The Morgan fingerprint density at radius 2 is 2.08 bits per heavy atom. The van der Waals surface area contributed by atoms with Gasteiger partial charge in [0.05, 0.1) is 10.3 Å². The summed E-state index contributed by atoms with van der Waals surface area (Å²) in [7, 11) is 0. The van der Waals surface area contributed by atoms with Gasteiger partial charge in [0, 0.05) is 0 Å². The second-order valence-corrected chi connectivity index (χ2v) is 4.10. The highest BCUT2D eigenvalue weighted by Crippen LogP contribution is 2.29. The van der Waals surface area contributed by atoms with Gasteiger partial charge in [0.25, 0.3) is 0 Å². The molecular formula is C11H9NS. The average molecular weight is 187 g/mol. The van der Waals surface area contributed by atoms with Crippen molar-refractivity contribution in [2.45, 2.75) is 13.8 Å². The summed E-state index contributed by atoms with van der Waals surface area (Å²) in [5.74, 6) is 0. The molecule has 0 atom stereocenters. The van der Waals surface area contributed by atoms with Gasteiger partial charge in [0.15, 0.2) is 0 Å². The van der Waals surface area contributed by atoms with Crippen molar-refractivity contribution < 1.29 is 0 Å². The fraction of sp³-hybridized carbons (Fsp3) is 0.182. The molecule has 1 heterocycles. The zero-order valence-electron chi connectivity index (χ0n) is 7.59. The number of fused-ring (bicyclic) bond motifs is 1. The lowest BCUT2D eigenvalue weighted by Crippen LogP contribution is -1.79. The van der Waals surface area contributed by atoms with E-state index in [-0.39, 0.29) is 0 Å². The van der Waals surface area contributed by atoms with E-state index in [1.54, 1.807) is 11.3 Å². The largest absolute Gasteiger partial charge is 0.192 e. The van der Waals surface area contributed by atoms with Crippen LogP contribution in [-0.2, 0) is 0 Å². The van der Waals surface area contributed by atoms with Crippen LogP contribution < -0.4 is 0 Å². The second-order valence-electron chi connectivity index (χ2n) is 3.22. The van der Waals surface area contributed by atoms with Crippen LogP contribution in [0.2, 0.25) is 0 Å². The second kappa shape index (κ2) is 2.86. The maximum Gasteiger partial charge on any atom is 0.101 e. The Kier molecular flexibility index (Phi) is 1.82. The van der Waals surface area contributed by atoms with Gasteiger partial charge in [0.1, 0.15) is 6.07 Å². The molecule has 13 heavy (non-hydrogen) atoms. The van der Waals surface area contributed by atoms with E-state index >= 15 is 0 Å². The molecule has 0 saturated heterocycles. The predicted molar refractivity (Wildman–Crippen MR) is 56.0 cm³/mol. The van der Waals surface area contributed by atoms with Crippen LogP contribution in [0.1, 0.15) is 16.7 Å². The monoisotopic (exact) mass is 187 g/mol. The smallest absolute Gasteiger partial charge is 0.101 e. The molecule has 1 aromatic carbocycles. The summed E-state index contributed by atoms with van der Waals surface area (Å²) >= 11 is 1.65. The standard InChI is InChI=1S/C11H9NS/c1-7-3-9(5-12)11-10(4-7)8(2)6-13-11/h3-4,6H,1-2H3. The van der Waals surface area contributed by atoms with Gasteiger partial charge in [-0.2, -0.15) is 5.26 Å². The highest BCUT2D eigenvalue weighted by molar-refractivity contribution is 7.17. The molecular weight excluding hydrogens is 178 g/mol. The molecule has 0 spiro atoms. The molecule has 0 amide bonds. The van der Waals surface area contributed by atoms with Crippen molar-refractivity contribution in [3.63, 3.8) is 0 Å². The topological polar surface area (TPSA) is 23.8 Å². The molecule has 0 saturated carbocycles. The molecule has 0 N–H and O–H groups in total. The average Bonchev–Trinajstić information content (AvgIpc) is 2.47. The van der Waals surface area contributed by atoms with Gasteiger partial charge in [-0.05, 0) is 41.8 Å². The lowest BCUT2D eigenvalue weighted by molar-refractivity contribution is 1.45. The van der Waals surface area contributed by atoms with E-state index < -0.39 is 0 Å². The normalized spacial score (nSPS) is 10.2. The van der Waals surface area contributed by atoms with Crippen molar-refractivity contribution in [3.05, 3.63) is 34.2 Å². The molecule has 64 valence electrons. The summed E-state index contributed by atoms with van der Waals surface area (Å²) in [4.78, 5) is 0. The van der Waals surface area contributed by atoms with E-state index in [4.69, 9.17) is 5.26 Å². The zero-order valence-corrected chi connectivity index (χ0v) is 8.40. The van der Waals surface area contributed by atoms with Crippen molar-refractivity contribution in [2.24, 2.45) is 0 Å². The lowest BCUT2D eigenvalue weighted by Gasteiger charge is -1.97. The Balaban J connectivity index is 2.94. The van der Waals surface area contributed by atoms with Crippen LogP contribution in [0.4, 0.5) is 0 Å². The highest BCUT2D eigenvalue weighted by Gasteiger charge is 2.05. The van der Waals surface area contributed by atoms with Crippen LogP contribution in [-0.4, -0.2) is 0 Å². The minimum atomic E-state index is 0.799. The first-order chi connectivity index (χ1) is 6.22. The maximum absolute atomic E-state index is 8.93. The lowest BCUT2D eigenvalue weighted by atomic mass is 10.1. The Bertz CT molecular complexity index is 503. The van der Waals surface area contributed by atoms with Gasteiger partial charge in [0.2, 0.25) is 0 Å². The summed E-state index contributed by atoms with van der Waals surface area (Å²) in [6.07, 6.45) is 0. The van der Waals surface area contributed by atoms with Crippen molar-refractivity contribution in [1.82, 2.24) is 0 Å². The number of nitrogens with zero attached hydrogens (tertiary/aromatic N) is 1. The summed E-state index contributed by atoms with van der Waals surface area (Å²) in [6, 6.07) is 6.32. The molecule has 0 aliphatic carbocycles. The summed E-state index contributed by atoms with van der Waals surface area (Å²) in [5.41, 5.74) is 3.22. The minimum Gasteiger partial charge on any atom is -0.192 e. The van der Waals surface area contributed by atoms with E-state index in [9.17, 15) is 0 Å². The third-order valence-electron chi connectivity index (χ3n) is 2.13. The van der Waals surface area contributed by atoms with E-state index in [1.165, 1.54) is 10.9 Å².